The van der Waals surface area contributed by atoms with Gasteiger partial charge in [-0.3, -0.25) is 0 Å². The van der Waals surface area contributed by atoms with Gasteiger partial charge >= 0.3 is 0 Å². The zero-order valence-electron chi connectivity index (χ0n) is 7.56. The van der Waals surface area contributed by atoms with Gasteiger partial charge in [-0.1, -0.05) is 12.1 Å². The molecule has 0 amide bonds. The van der Waals surface area contributed by atoms with Gasteiger partial charge in [-0.15, -0.1) is 0 Å². The summed E-state index contributed by atoms with van der Waals surface area (Å²) in [5.74, 6) is -0.156. The summed E-state index contributed by atoms with van der Waals surface area (Å²) in [4.78, 5) is 0. The van der Waals surface area contributed by atoms with Crippen LogP contribution in [0.2, 0.25) is 0 Å². The molecule has 0 saturated carbocycles. The number of hydrogen-bond acceptors (Lipinski definition) is 1. The topological polar surface area (TPSA) is 0 Å². The normalized spacial score (nSPS) is 11.8. The molecular weight excluding hydrogens is 171 g/mol. The van der Waals surface area contributed by atoms with Gasteiger partial charge in [-0.2, -0.15) is 12.6 Å². The molecule has 0 aliphatic heterocycles. The first-order valence-electron chi connectivity index (χ1n) is 3.90. The minimum Gasteiger partial charge on any atom is -0.207 e. The molecule has 0 radical (unpaired) electrons. The maximum absolute atomic E-state index is 12.9. The molecule has 2 heteroatoms. The first-order chi connectivity index (χ1) is 5.41. The molecule has 0 saturated heterocycles. The van der Waals surface area contributed by atoms with E-state index < -0.39 is 0 Å². The largest absolute Gasteiger partial charge is 0.207 e. The highest BCUT2D eigenvalue weighted by molar-refractivity contribution is 7.81. The summed E-state index contributed by atoms with van der Waals surface area (Å²) in [5, 5.41) is 0. The Hall–Kier alpha value is -0.500. The number of halogens is 1. The molecular formula is C10H13FS. The van der Waals surface area contributed by atoms with Crippen LogP contribution in [0.1, 0.15) is 25.0 Å². The van der Waals surface area contributed by atoms with Crippen molar-refractivity contribution in [2.24, 2.45) is 0 Å². The Bertz CT molecular complexity index is 286. The third-order valence-corrected chi connectivity index (χ3v) is 2.12. The summed E-state index contributed by atoms with van der Waals surface area (Å²) in [7, 11) is 0. The van der Waals surface area contributed by atoms with Crippen LogP contribution in [0, 0.1) is 12.7 Å². The second-order valence-electron chi connectivity index (χ2n) is 3.52. The van der Waals surface area contributed by atoms with E-state index in [0.29, 0.717) is 5.56 Å². The monoisotopic (exact) mass is 184 g/mol. The fourth-order valence-corrected chi connectivity index (χ4v) is 1.16. The molecule has 1 aromatic carbocycles. The highest BCUT2D eigenvalue weighted by atomic mass is 32.1. The molecule has 0 N–H and O–H groups in total. The number of thiol groups is 1. The maximum Gasteiger partial charge on any atom is 0.126 e. The smallest absolute Gasteiger partial charge is 0.126 e. The van der Waals surface area contributed by atoms with E-state index in [0.717, 1.165) is 5.56 Å². The van der Waals surface area contributed by atoms with Crippen molar-refractivity contribution < 1.29 is 4.39 Å². The first kappa shape index (κ1) is 9.59. The minimum atomic E-state index is -0.196. The summed E-state index contributed by atoms with van der Waals surface area (Å²) in [5.41, 5.74) is 1.72. The molecule has 0 aromatic heterocycles. The van der Waals surface area contributed by atoms with E-state index >= 15 is 0 Å². The van der Waals surface area contributed by atoms with Gasteiger partial charge in [0.15, 0.2) is 0 Å². The highest BCUT2D eigenvalue weighted by Crippen LogP contribution is 2.27. The third-order valence-electron chi connectivity index (χ3n) is 1.86. The summed E-state index contributed by atoms with van der Waals surface area (Å²) in [6.45, 7) is 5.74. The quantitative estimate of drug-likeness (QED) is 0.636. The van der Waals surface area contributed by atoms with Gasteiger partial charge < -0.3 is 0 Å². The van der Waals surface area contributed by atoms with Gasteiger partial charge in [0.05, 0.1) is 0 Å². The predicted molar refractivity (Wildman–Crippen MR) is 53.1 cm³/mol. The van der Waals surface area contributed by atoms with Crippen LogP contribution >= 0.6 is 12.6 Å². The van der Waals surface area contributed by atoms with E-state index in [4.69, 9.17) is 0 Å². The van der Waals surface area contributed by atoms with E-state index in [1.807, 2.05) is 19.9 Å². The lowest BCUT2D eigenvalue weighted by atomic mass is 10.0. The van der Waals surface area contributed by atoms with Crippen molar-refractivity contribution in [3.8, 4) is 0 Å². The molecule has 0 atom stereocenters. The molecule has 0 unspecified atom stereocenters. The van der Waals surface area contributed by atoms with Gasteiger partial charge in [-0.05, 0) is 38.0 Å². The van der Waals surface area contributed by atoms with Gasteiger partial charge in [0.1, 0.15) is 5.82 Å². The zero-order valence-corrected chi connectivity index (χ0v) is 8.45. The lowest BCUT2D eigenvalue weighted by Gasteiger charge is -2.18. The average molecular weight is 184 g/mol. The minimum absolute atomic E-state index is 0.156. The van der Waals surface area contributed by atoms with Crippen LogP contribution in [-0.4, -0.2) is 0 Å². The predicted octanol–water partition coefficient (Wildman–Crippen LogP) is 3.30. The van der Waals surface area contributed by atoms with E-state index in [1.54, 1.807) is 13.0 Å². The van der Waals surface area contributed by atoms with E-state index in [2.05, 4.69) is 12.6 Å². The molecule has 12 heavy (non-hydrogen) atoms. The molecule has 0 aliphatic rings. The summed E-state index contributed by atoms with van der Waals surface area (Å²) < 4.78 is 12.7. The Morgan fingerprint density at radius 1 is 1.33 bits per heavy atom. The van der Waals surface area contributed by atoms with Gasteiger partial charge in [0.25, 0.3) is 0 Å². The lowest BCUT2D eigenvalue weighted by molar-refractivity contribution is 0.616. The second kappa shape index (κ2) is 3.09. The molecule has 0 spiro atoms. The zero-order chi connectivity index (χ0) is 9.35. The van der Waals surface area contributed by atoms with Crippen molar-refractivity contribution >= 4 is 12.6 Å². The number of benzene rings is 1. The molecule has 1 rings (SSSR count). The van der Waals surface area contributed by atoms with Gasteiger partial charge in [0.2, 0.25) is 0 Å². The van der Waals surface area contributed by atoms with Crippen molar-refractivity contribution in [3.05, 3.63) is 35.1 Å². The Morgan fingerprint density at radius 3 is 2.33 bits per heavy atom. The van der Waals surface area contributed by atoms with Gasteiger partial charge in [-0.25, -0.2) is 4.39 Å². The SMILES string of the molecule is Cc1cc(C(C)(C)S)ccc1F. The third kappa shape index (κ3) is 2.01. The number of rotatable bonds is 1. The molecule has 0 heterocycles. The van der Waals surface area contributed by atoms with Crippen LogP contribution in [0.25, 0.3) is 0 Å². The Kier molecular flexibility index (Phi) is 2.47. The highest BCUT2D eigenvalue weighted by Gasteiger charge is 2.15. The van der Waals surface area contributed by atoms with Crippen LogP contribution < -0.4 is 0 Å². The Balaban J connectivity index is 3.14. The van der Waals surface area contributed by atoms with Crippen LogP contribution in [0.15, 0.2) is 18.2 Å². The van der Waals surface area contributed by atoms with Crippen molar-refractivity contribution in [3.63, 3.8) is 0 Å². The average Bonchev–Trinajstić information content (AvgIpc) is 1.92. The van der Waals surface area contributed by atoms with Crippen molar-refractivity contribution in [2.45, 2.75) is 25.5 Å². The summed E-state index contributed by atoms with van der Waals surface area (Å²) >= 11 is 4.40. The maximum atomic E-state index is 12.9. The van der Waals surface area contributed by atoms with Crippen molar-refractivity contribution in [1.29, 1.82) is 0 Å². The molecule has 0 aliphatic carbocycles. The Morgan fingerprint density at radius 2 is 1.92 bits per heavy atom. The fourth-order valence-electron chi connectivity index (χ4n) is 1.03. The van der Waals surface area contributed by atoms with E-state index in [9.17, 15) is 4.39 Å². The standard InChI is InChI=1S/C10H13FS/c1-7-6-8(10(2,3)12)4-5-9(7)11/h4-6,12H,1-3H3. The summed E-state index contributed by atoms with van der Waals surface area (Å²) in [6, 6.07) is 5.10. The van der Waals surface area contributed by atoms with Crippen molar-refractivity contribution in [1.82, 2.24) is 0 Å². The van der Waals surface area contributed by atoms with Crippen LogP contribution in [0.5, 0.6) is 0 Å². The summed E-state index contributed by atoms with van der Waals surface area (Å²) in [6.07, 6.45) is 0. The molecule has 66 valence electrons. The van der Waals surface area contributed by atoms with Crippen molar-refractivity contribution in [2.75, 3.05) is 0 Å². The number of aryl methyl sites for hydroxylation is 1. The van der Waals surface area contributed by atoms with Crippen LogP contribution in [0.4, 0.5) is 4.39 Å². The molecule has 0 fully saturated rings. The second-order valence-corrected chi connectivity index (χ2v) is 4.64. The van der Waals surface area contributed by atoms with Crippen LogP contribution in [0.3, 0.4) is 0 Å². The first-order valence-corrected chi connectivity index (χ1v) is 4.35. The molecule has 1 aromatic rings. The van der Waals surface area contributed by atoms with E-state index in [-0.39, 0.29) is 10.6 Å². The van der Waals surface area contributed by atoms with Crippen LogP contribution in [-0.2, 0) is 4.75 Å². The Labute approximate surface area is 78.2 Å². The molecule has 0 bridgehead atoms. The van der Waals surface area contributed by atoms with Gasteiger partial charge in [0, 0.05) is 4.75 Å². The molecule has 0 nitrogen and oxygen atoms in total. The lowest BCUT2D eigenvalue weighted by Crippen LogP contribution is -2.07. The fraction of sp³-hybridized carbons (Fsp3) is 0.400. The van der Waals surface area contributed by atoms with E-state index in [1.165, 1.54) is 6.07 Å². The number of hydrogen-bond donors (Lipinski definition) is 1.